The fourth-order valence-electron chi connectivity index (χ4n) is 3.23. The molecule has 5 nitrogen and oxygen atoms in total. The maximum Gasteiger partial charge on any atom is 0.264 e. The van der Waals surface area contributed by atoms with E-state index in [1.54, 1.807) is 17.1 Å². The van der Waals surface area contributed by atoms with Crippen LogP contribution in [0.2, 0.25) is 0 Å². The summed E-state index contributed by atoms with van der Waals surface area (Å²) in [6.45, 7) is 6.78. The van der Waals surface area contributed by atoms with Crippen molar-refractivity contribution in [2.75, 3.05) is 37.7 Å². The van der Waals surface area contributed by atoms with Gasteiger partial charge in [-0.25, -0.2) is 0 Å². The molecule has 0 aliphatic carbocycles. The van der Waals surface area contributed by atoms with E-state index in [0.717, 1.165) is 37.2 Å². The highest BCUT2D eigenvalue weighted by atomic mass is 127. The molecule has 3 rings (SSSR count). The summed E-state index contributed by atoms with van der Waals surface area (Å²) in [6, 6.07) is 16.1. The number of ether oxygens (including phenoxy) is 1. The number of hydrogen-bond donors (Lipinski definition) is 0. The van der Waals surface area contributed by atoms with Gasteiger partial charge in [0.2, 0.25) is 0 Å². The smallest absolute Gasteiger partial charge is 0.264 e. The Morgan fingerprint density at radius 3 is 2.33 bits per heavy atom. The average Bonchev–Trinajstić information content (AvgIpc) is 2.77. The molecule has 0 N–H and O–H groups in total. The van der Waals surface area contributed by atoms with E-state index >= 15 is 0 Å². The molecule has 1 saturated heterocycles. The summed E-state index contributed by atoms with van der Waals surface area (Å²) in [7, 11) is 0. The maximum atomic E-state index is 12.9. The van der Waals surface area contributed by atoms with Crippen molar-refractivity contribution in [2.24, 2.45) is 0 Å². The lowest BCUT2D eigenvalue weighted by Gasteiger charge is -2.36. The van der Waals surface area contributed by atoms with E-state index in [2.05, 4.69) is 74.9 Å². The van der Waals surface area contributed by atoms with Gasteiger partial charge in [0, 0.05) is 31.9 Å². The van der Waals surface area contributed by atoms with Crippen molar-refractivity contribution in [3.05, 3.63) is 73.4 Å². The second kappa shape index (κ2) is 10.8. The third-order valence-electron chi connectivity index (χ3n) is 4.72. The standard InChI is InChI=1S/C23H21I2N3O2/c1-2-12-30-22-20(24)14-17(15-21(22)25)13-18(16-26)23(29)28-10-8-27(9-11-28)19-6-4-3-5-7-19/h2-7,13-15H,1,8-12H2/b18-13-. The SMILES string of the molecule is C=CCOc1c(I)cc(/C=C(/C#N)C(=O)N2CCN(c3ccccc3)CC2)cc1I. The zero-order valence-electron chi connectivity index (χ0n) is 16.4. The van der Waals surface area contributed by atoms with E-state index < -0.39 is 0 Å². The first-order valence-electron chi connectivity index (χ1n) is 9.47. The van der Waals surface area contributed by atoms with E-state index in [1.807, 2.05) is 30.3 Å². The third-order valence-corrected chi connectivity index (χ3v) is 6.32. The summed E-state index contributed by atoms with van der Waals surface area (Å²) in [5, 5.41) is 9.61. The van der Waals surface area contributed by atoms with Gasteiger partial charge in [-0.05, 0) is 81.1 Å². The summed E-state index contributed by atoms with van der Waals surface area (Å²) in [4.78, 5) is 16.9. The Morgan fingerprint density at radius 2 is 1.77 bits per heavy atom. The van der Waals surface area contributed by atoms with Crippen LogP contribution in [0.4, 0.5) is 5.69 Å². The van der Waals surface area contributed by atoms with Gasteiger partial charge in [0.15, 0.2) is 0 Å². The molecule has 154 valence electrons. The minimum Gasteiger partial charge on any atom is -0.487 e. The van der Waals surface area contributed by atoms with Crippen LogP contribution in [0.1, 0.15) is 5.56 Å². The van der Waals surface area contributed by atoms with E-state index in [1.165, 1.54) is 0 Å². The van der Waals surface area contributed by atoms with Crippen LogP contribution in [0.15, 0.2) is 60.7 Å². The van der Waals surface area contributed by atoms with E-state index in [0.29, 0.717) is 19.7 Å². The van der Waals surface area contributed by atoms with Gasteiger partial charge in [0.05, 0.1) is 7.14 Å². The largest absolute Gasteiger partial charge is 0.487 e. The van der Waals surface area contributed by atoms with Crippen LogP contribution in [0.25, 0.3) is 6.08 Å². The van der Waals surface area contributed by atoms with Crippen molar-refractivity contribution in [2.45, 2.75) is 0 Å². The van der Waals surface area contributed by atoms with E-state index in [-0.39, 0.29) is 11.5 Å². The van der Waals surface area contributed by atoms with Crippen molar-refractivity contribution < 1.29 is 9.53 Å². The minimum atomic E-state index is -0.220. The van der Waals surface area contributed by atoms with Crippen LogP contribution < -0.4 is 9.64 Å². The molecule has 1 fully saturated rings. The fraction of sp³-hybridized carbons (Fsp3) is 0.217. The minimum absolute atomic E-state index is 0.148. The number of halogens is 2. The molecule has 1 amide bonds. The lowest BCUT2D eigenvalue weighted by molar-refractivity contribution is -0.126. The Labute approximate surface area is 204 Å². The molecule has 0 unspecified atom stereocenters. The highest BCUT2D eigenvalue weighted by molar-refractivity contribution is 14.1. The lowest BCUT2D eigenvalue weighted by atomic mass is 10.1. The number of hydrogen-bond acceptors (Lipinski definition) is 4. The van der Waals surface area contributed by atoms with Crippen molar-refractivity contribution in [1.82, 2.24) is 4.90 Å². The monoisotopic (exact) mass is 625 g/mol. The molecule has 1 heterocycles. The summed E-state index contributed by atoms with van der Waals surface area (Å²) in [6.07, 6.45) is 3.36. The predicted octanol–water partition coefficient (Wildman–Crippen LogP) is 4.72. The first-order chi connectivity index (χ1) is 14.5. The molecule has 7 heteroatoms. The van der Waals surface area contributed by atoms with Crippen molar-refractivity contribution in [3.8, 4) is 11.8 Å². The Kier molecular flexibility index (Phi) is 8.16. The zero-order valence-corrected chi connectivity index (χ0v) is 20.7. The second-order valence-electron chi connectivity index (χ2n) is 6.70. The van der Waals surface area contributed by atoms with Gasteiger partial charge in [-0.2, -0.15) is 5.26 Å². The fourth-order valence-corrected chi connectivity index (χ4v) is 5.36. The van der Waals surface area contributed by atoms with Crippen LogP contribution in [0, 0.1) is 18.5 Å². The number of carbonyl (C=O) groups is 1. The van der Waals surface area contributed by atoms with E-state index in [4.69, 9.17) is 4.74 Å². The number of nitriles is 1. The van der Waals surface area contributed by atoms with Crippen LogP contribution in [0.5, 0.6) is 5.75 Å². The first-order valence-corrected chi connectivity index (χ1v) is 11.6. The Bertz CT molecular complexity index is 968. The zero-order chi connectivity index (χ0) is 21.5. The predicted molar refractivity (Wildman–Crippen MR) is 136 cm³/mol. The van der Waals surface area contributed by atoms with Gasteiger partial charge in [-0.3, -0.25) is 4.79 Å². The molecule has 0 spiro atoms. The lowest BCUT2D eigenvalue weighted by Crippen LogP contribution is -2.49. The Balaban J connectivity index is 1.71. The molecule has 2 aromatic carbocycles. The number of carbonyl (C=O) groups excluding carboxylic acids is 1. The molecule has 1 aliphatic heterocycles. The Hall–Kier alpha value is -2.06. The summed E-state index contributed by atoms with van der Waals surface area (Å²) in [5.74, 6) is 0.567. The molecular formula is C23H21I2N3O2. The first kappa shape index (κ1) is 22.6. The molecular weight excluding hydrogens is 604 g/mol. The van der Waals surface area contributed by atoms with Gasteiger partial charge in [0.25, 0.3) is 5.91 Å². The van der Waals surface area contributed by atoms with Crippen molar-refractivity contribution in [3.63, 3.8) is 0 Å². The number of piperazine rings is 1. The molecule has 1 aliphatic rings. The second-order valence-corrected chi connectivity index (χ2v) is 9.02. The van der Waals surface area contributed by atoms with Gasteiger partial charge in [-0.15, -0.1) is 0 Å². The van der Waals surface area contributed by atoms with Gasteiger partial charge < -0.3 is 14.5 Å². The third kappa shape index (κ3) is 5.55. The van der Waals surface area contributed by atoms with Crippen LogP contribution in [-0.2, 0) is 4.79 Å². The molecule has 0 aromatic heterocycles. The van der Waals surface area contributed by atoms with Crippen molar-refractivity contribution in [1.29, 1.82) is 5.26 Å². The van der Waals surface area contributed by atoms with Gasteiger partial charge in [-0.1, -0.05) is 30.9 Å². The van der Waals surface area contributed by atoms with Crippen LogP contribution in [-0.4, -0.2) is 43.6 Å². The molecule has 0 atom stereocenters. The van der Waals surface area contributed by atoms with Gasteiger partial charge in [0.1, 0.15) is 24.0 Å². The normalized spacial score (nSPS) is 14.2. The topological polar surface area (TPSA) is 56.6 Å². The van der Waals surface area contributed by atoms with Crippen LogP contribution >= 0.6 is 45.2 Å². The number of anilines is 1. The molecule has 2 aromatic rings. The maximum absolute atomic E-state index is 12.9. The summed E-state index contributed by atoms with van der Waals surface area (Å²) in [5.41, 5.74) is 2.11. The molecule has 0 radical (unpaired) electrons. The van der Waals surface area contributed by atoms with E-state index in [9.17, 15) is 10.1 Å². The molecule has 0 saturated carbocycles. The summed E-state index contributed by atoms with van der Waals surface area (Å²) >= 11 is 4.40. The number of nitrogens with zero attached hydrogens (tertiary/aromatic N) is 3. The number of amides is 1. The van der Waals surface area contributed by atoms with Crippen molar-refractivity contribution >= 4 is 62.9 Å². The Morgan fingerprint density at radius 1 is 1.13 bits per heavy atom. The van der Waals surface area contributed by atoms with Gasteiger partial charge >= 0.3 is 0 Å². The average molecular weight is 625 g/mol. The quantitative estimate of drug-likeness (QED) is 0.202. The highest BCUT2D eigenvalue weighted by Crippen LogP contribution is 2.30. The number of benzene rings is 2. The number of para-hydroxylation sites is 1. The highest BCUT2D eigenvalue weighted by Gasteiger charge is 2.24. The molecule has 30 heavy (non-hydrogen) atoms. The number of rotatable bonds is 6. The summed E-state index contributed by atoms with van der Waals surface area (Å²) < 4.78 is 7.54. The van der Waals surface area contributed by atoms with Crippen LogP contribution in [0.3, 0.4) is 0 Å². The molecule has 0 bridgehead atoms.